The van der Waals surface area contributed by atoms with Crippen molar-refractivity contribution in [3.63, 3.8) is 0 Å². The van der Waals surface area contributed by atoms with Crippen molar-refractivity contribution < 1.29 is 23.1 Å². The molecule has 0 radical (unpaired) electrons. The van der Waals surface area contributed by atoms with Gasteiger partial charge in [0.25, 0.3) is 5.91 Å². The topological polar surface area (TPSA) is 65.8 Å². The first-order valence-electron chi connectivity index (χ1n) is 11.5. The van der Waals surface area contributed by atoms with Gasteiger partial charge in [-0.15, -0.1) is 0 Å². The lowest BCUT2D eigenvalue weighted by Gasteiger charge is -2.50. The number of amides is 1. The van der Waals surface area contributed by atoms with Gasteiger partial charge >= 0.3 is 0 Å². The fourth-order valence-corrected chi connectivity index (χ4v) is 6.24. The van der Waals surface area contributed by atoms with Crippen molar-refractivity contribution in [1.82, 2.24) is 9.58 Å². The maximum Gasteiger partial charge on any atom is 0.277 e. The number of hydrogen-bond acceptors (Lipinski definition) is 4. The average Bonchev–Trinajstić information content (AvgIpc) is 3.35. The second-order valence-corrected chi connectivity index (χ2v) is 9.29. The van der Waals surface area contributed by atoms with Crippen molar-refractivity contribution in [2.75, 3.05) is 24.9 Å². The molecule has 6 rings (SSSR count). The third-order valence-corrected chi connectivity index (χ3v) is 7.62. The van der Waals surface area contributed by atoms with E-state index in [0.717, 1.165) is 17.2 Å². The van der Waals surface area contributed by atoms with Crippen LogP contribution in [0.25, 0.3) is 0 Å². The summed E-state index contributed by atoms with van der Waals surface area (Å²) in [7, 11) is 0. The van der Waals surface area contributed by atoms with Crippen molar-refractivity contribution in [3.05, 3.63) is 98.5 Å². The molecule has 2 aromatic carbocycles. The number of aromatic hydroxyl groups is 1. The molecular weight excluding hydrogens is 459 g/mol. The second-order valence-electron chi connectivity index (χ2n) is 9.29. The summed E-state index contributed by atoms with van der Waals surface area (Å²) >= 11 is 0. The molecule has 2 unspecified atom stereocenters. The lowest BCUT2D eigenvalue weighted by atomic mass is 9.81. The van der Waals surface area contributed by atoms with Crippen LogP contribution in [-0.2, 0) is 18.4 Å². The lowest BCUT2D eigenvalue weighted by Crippen LogP contribution is -2.63. The van der Waals surface area contributed by atoms with E-state index in [9.17, 15) is 23.5 Å². The second kappa shape index (κ2) is 7.63. The highest BCUT2D eigenvalue weighted by Gasteiger charge is 2.59. The SMILES string of the molecule is O=C1c2c(O)c(=O)ccn2N(C23c4ccccc4CC2Cc2c3ccc(F)c2F)CN1CCCF. The number of aromatic nitrogens is 1. The molecule has 180 valence electrons. The summed E-state index contributed by atoms with van der Waals surface area (Å²) in [6.07, 6.45) is 2.39. The van der Waals surface area contributed by atoms with Crippen LogP contribution in [0, 0.1) is 17.6 Å². The number of alkyl halides is 1. The van der Waals surface area contributed by atoms with E-state index in [-0.39, 0.29) is 43.2 Å². The predicted octanol–water partition coefficient (Wildman–Crippen LogP) is 3.22. The average molecular weight is 481 g/mol. The van der Waals surface area contributed by atoms with Crippen LogP contribution in [0.2, 0.25) is 0 Å². The van der Waals surface area contributed by atoms with Crippen LogP contribution < -0.4 is 10.4 Å². The molecule has 1 aromatic heterocycles. The van der Waals surface area contributed by atoms with E-state index >= 15 is 4.39 Å². The third kappa shape index (κ3) is 2.78. The van der Waals surface area contributed by atoms with E-state index in [0.29, 0.717) is 12.0 Å². The first-order chi connectivity index (χ1) is 16.9. The van der Waals surface area contributed by atoms with Crippen LogP contribution in [0.4, 0.5) is 13.2 Å². The van der Waals surface area contributed by atoms with Crippen molar-refractivity contribution in [3.8, 4) is 5.75 Å². The van der Waals surface area contributed by atoms with Gasteiger partial charge in [-0.25, -0.2) is 8.78 Å². The summed E-state index contributed by atoms with van der Waals surface area (Å²) in [6.45, 7) is -0.555. The van der Waals surface area contributed by atoms with Gasteiger partial charge in [0.1, 0.15) is 12.2 Å². The Hall–Kier alpha value is -3.75. The Balaban J connectivity index is 1.66. The Labute approximate surface area is 198 Å². The molecule has 9 heteroatoms. The largest absolute Gasteiger partial charge is 0.502 e. The molecule has 0 bridgehead atoms. The fourth-order valence-electron chi connectivity index (χ4n) is 6.24. The van der Waals surface area contributed by atoms with E-state index in [2.05, 4.69) is 0 Å². The molecule has 0 fully saturated rings. The van der Waals surface area contributed by atoms with Gasteiger partial charge in [-0.3, -0.25) is 23.7 Å². The molecule has 1 amide bonds. The van der Waals surface area contributed by atoms with E-state index in [1.165, 1.54) is 21.8 Å². The number of benzene rings is 2. The van der Waals surface area contributed by atoms with Gasteiger partial charge in [0, 0.05) is 24.7 Å². The monoisotopic (exact) mass is 481 g/mol. The van der Waals surface area contributed by atoms with Crippen LogP contribution in [0.1, 0.15) is 39.2 Å². The Kier molecular flexibility index (Phi) is 4.74. The molecule has 0 saturated heterocycles. The minimum atomic E-state index is -0.995. The highest BCUT2D eigenvalue weighted by atomic mass is 19.2. The zero-order valence-corrected chi connectivity index (χ0v) is 18.7. The number of carbonyl (C=O) groups is 1. The standard InChI is InChI=1S/C26H22F3N3O3/c27-9-3-10-30-14-32(31-11-8-21(33)24(34)23(31)25(30)35)26-16(12-15-4-1-2-5-18(15)26)13-17-19(26)6-7-20(28)22(17)29/h1-2,4-8,11,16,34H,3,9-10,12-14H2. The molecule has 2 aliphatic carbocycles. The molecule has 35 heavy (non-hydrogen) atoms. The minimum Gasteiger partial charge on any atom is -0.502 e. The molecule has 3 aromatic rings. The van der Waals surface area contributed by atoms with Gasteiger partial charge in [0.05, 0.1) is 6.67 Å². The first kappa shape index (κ1) is 21.8. The highest BCUT2D eigenvalue weighted by molar-refractivity contribution is 5.96. The Morgan fingerprint density at radius 2 is 1.83 bits per heavy atom. The van der Waals surface area contributed by atoms with E-state index in [1.807, 2.05) is 29.3 Å². The summed E-state index contributed by atoms with van der Waals surface area (Å²) in [5.74, 6) is -3.30. The van der Waals surface area contributed by atoms with Crippen LogP contribution in [0.3, 0.4) is 0 Å². The molecule has 1 N–H and O–H groups in total. The molecule has 1 aliphatic heterocycles. The minimum absolute atomic E-state index is 0.0113. The first-order valence-corrected chi connectivity index (χ1v) is 11.5. The predicted molar refractivity (Wildman–Crippen MR) is 122 cm³/mol. The number of pyridine rings is 1. The number of carbonyl (C=O) groups excluding carboxylic acids is 1. The summed E-state index contributed by atoms with van der Waals surface area (Å²) in [5, 5.41) is 12.5. The van der Waals surface area contributed by atoms with Crippen molar-refractivity contribution in [2.24, 2.45) is 5.92 Å². The molecule has 2 heterocycles. The Morgan fingerprint density at radius 1 is 1.03 bits per heavy atom. The number of nitrogens with zero attached hydrogens (tertiary/aromatic N) is 3. The van der Waals surface area contributed by atoms with Crippen LogP contribution in [0.15, 0.2) is 53.5 Å². The maximum absolute atomic E-state index is 15.1. The smallest absolute Gasteiger partial charge is 0.277 e. The number of fused-ring (bicyclic) bond motifs is 6. The van der Waals surface area contributed by atoms with Crippen molar-refractivity contribution in [2.45, 2.75) is 24.8 Å². The summed E-state index contributed by atoms with van der Waals surface area (Å²) in [4.78, 5) is 27.0. The maximum atomic E-state index is 15.1. The normalized spacial score (nSPS) is 22.1. The van der Waals surface area contributed by atoms with Crippen LogP contribution in [-0.4, -0.2) is 40.5 Å². The highest BCUT2D eigenvalue weighted by Crippen LogP contribution is 2.57. The molecular formula is C26H22F3N3O3. The van der Waals surface area contributed by atoms with Crippen molar-refractivity contribution >= 4 is 5.91 Å². The number of halogens is 3. The van der Waals surface area contributed by atoms with E-state index in [4.69, 9.17) is 0 Å². The number of rotatable bonds is 4. The zero-order valence-electron chi connectivity index (χ0n) is 18.7. The van der Waals surface area contributed by atoms with Crippen molar-refractivity contribution in [1.29, 1.82) is 0 Å². The lowest BCUT2D eigenvalue weighted by molar-refractivity contribution is 0.0641. The summed E-state index contributed by atoms with van der Waals surface area (Å²) < 4.78 is 43.8. The Bertz CT molecular complexity index is 1440. The molecule has 0 spiro atoms. The van der Waals surface area contributed by atoms with Gasteiger partial charge in [0.15, 0.2) is 23.1 Å². The molecule has 6 nitrogen and oxygen atoms in total. The van der Waals surface area contributed by atoms with Gasteiger partial charge < -0.3 is 10.0 Å². The fraction of sp³-hybridized carbons (Fsp3) is 0.308. The summed E-state index contributed by atoms with van der Waals surface area (Å²) in [6, 6.07) is 11.6. The molecule has 0 saturated carbocycles. The number of hydrogen-bond donors (Lipinski definition) is 1. The Morgan fingerprint density at radius 3 is 2.63 bits per heavy atom. The molecule has 2 atom stereocenters. The van der Waals surface area contributed by atoms with Gasteiger partial charge in [0.2, 0.25) is 5.43 Å². The van der Waals surface area contributed by atoms with E-state index in [1.54, 1.807) is 6.07 Å². The van der Waals surface area contributed by atoms with Gasteiger partial charge in [-0.05, 0) is 47.6 Å². The summed E-state index contributed by atoms with van der Waals surface area (Å²) in [5.41, 5.74) is 0.865. The van der Waals surface area contributed by atoms with Gasteiger partial charge in [-0.1, -0.05) is 30.3 Å². The quantitative estimate of drug-likeness (QED) is 0.622. The zero-order chi connectivity index (χ0) is 24.5. The molecule has 3 aliphatic rings. The van der Waals surface area contributed by atoms with E-state index < -0.39 is 40.9 Å². The third-order valence-electron chi connectivity index (χ3n) is 7.62. The van der Waals surface area contributed by atoms with Gasteiger partial charge in [-0.2, -0.15) is 0 Å². The van der Waals surface area contributed by atoms with Crippen LogP contribution in [0.5, 0.6) is 5.75 Å². The van der Waals surface area contributed by atoms with Crippen LogP contribution >= 0.6 is 0 Å².